The smallest absolute Gasteiger partial charge is 0.250 e. The molecule has 5 N–H and O–H groups in total. The van der Waals surface area contributed by atoms with E-state index in [4.69, 9.17) is 5.73 Å². The topological polar surface area (TPSA) is 147 Å². The van der Waals surface area contributed by atoms with Crippen molar-refractivity contribution in [2.45, 2.75) is 71.6 Å². The van der Waals surface area contributed by atoms with Crippen molar-refractivity contribution in [1.82, 2.24) is 15.6 Å². The summed E-state index contributed by atoms with van der Waals surface area (Å²) in [6.45, 7) is 8.58. The first-order valence-corrected chi connectivity index (χ1v) is 12.4. The van der Waals surface area contributed by atoms with Gasteiger partial charge < -0.3 is 26.6 Å². The fraction of sp³-hybridized carbons (Fsp3) is 0.444. The number of hydrogen-bond donors (Lipinski definition) is 4. The standard InChI is InChI=1S/C27H36N6O4/c1-16(2)13-21(32-26(37)27(4,5)28)24(35)31-22-14-18-9-8-11-20(30-17(3)34)23(18)33(25(22)36)15-19-10-6-7-12-29-19/h6-12,16,21-22H,13-15,28H2,1-5H3,(H,30,34)(H,31,35)(H,32,37). The monoisotopic (exact) mass is 508 g/mol. The molecule has 0 radical (unpaired) electrons. The van der Waals surface area contributed by atoms with Crippen molar-refractivity contribution >= 4 is 35.0 Å². The van der Waals surface area contributed by atoms with Crippen LogP contribution >= 0.6 is 0 Å². The van der Waals surface area contributed by atoms with Gasteiger partial charge in [-0.1, -0.05) is 32.0 Å². The molecule has 0 spiro atoms. The molecule has 0 bridgehead atoms. The van der Waals surface area contributed by atoms with Gasteiger partial charge in [0.05, 0.1) is 29.2 Å². The molecule has 0 saturated heterocycles. The number of rotatable bonds is 9. The number of hydrogen-bond acceptors (Lipinski definition) is 6. The van der Waals surface area contributed by atoms with E-state index >= 15 is 0 Å². The van der Waals surface area contributed by atoms with Gasteiger partial charge >= 0.3 is 0 Å². The highest BCUT2D eigenvalue weighted by Gasteiger charge is 2.37. The minimum atomic E-state index is -1.16. The second-order valence-electron chi connectivity index (χ2n) is 10.4. The normalized spacial score (nSPS) is 16.1. The van der Waals surface area contributed by atoms with Crippen molar-refractivity contribution in [1.29, 1.82) is 0 Å². The number of para-hydroxylation sites is 1. The van der Waals surface area contributed by atoms with E-state index in [9.17, 15) is 19.2 Å². The van der Waals surface area contributed by atoms with E-state index in [0.29, 0.717) is 23.5 Å². The molecule has 37 heavy (non-hydrogen) atoms. The lowest BCUT2D eigenvalue weighted by atomic mass is 9.94. The maximum absolute atomic E-state index is 13.8. The quantitative estimate of drug-likeness (QED) is 0.407. The van der Waals surface area contributed by atoms with E-state index < -0.39 is 29.4 Å². The summed E-state index contributed by atoms with van der Waals surface area (Å²) < 4.78 is 0. The fourth-order valence-corrected chi connectivity index (χ4v) is 4.21. The molecule has 3 rings (SSSR count). The van der Waals surface area contributed by atoms with Gasteiger partial charge in [0.25, 0.3) is 0 Å². The highest BCUT2D eigenvalue weighted by Crippen LogP contribution is 2.36. The van der Waals surface area contributed by atoms with Crippen LogP contribution in [0.3, 0.4) is 0 Å². The van der Waals surface area contributed by atoms with Crippen LogP contribution in [0.1, 0.15) is 52.3 Å². The van der Waals surface area contributed by atoms with Crippen LogP contribution in [0.2, 0.25) is 0 Å². The van der Waals surface area contributed by atoms with E-state index in [0.717, 1.165) is 5.56 Å². The molecule has 1 aliphatic rings. The Labute approximate surface area is 217 Å². The molecule has 2 aromatic rings. The summed E-state index contributed by atoms with van der Waals surface area (Å²) in [7, 11) is 0. The molecule has 2 atom stereocenters. The lowest BCUT2D eigenvalue weighted by Gasteiger charge is -2.36. The maximum Gasteiger partial charge on any atom is 0.250 e. The number of benzene rings is 1. The third kappa shape index (κ3) is 7.13. The molecule has 2 heterocycles. The summed E-state index contributed by atoms with van der Waals surface area (Å²) in [4.78, 5) is 57.4. The van der Waals surface area contributed by atoms with Crippen LogP contribution in [0.25, 0.3) is 0 Å². The van der Waals surface area contributed by atoms with Gasteiger partial charge in [0, 0.05) is 19.5 Å². The van der Waals surface area contributed by atoms with Crippen LogP contribution in [0.5, 0.6) is 0 Å². The molecule has 1 aromatic heterocycles. The van der Waals surface area contributed by atoms with E-state index in [1.54, 1.807) is 44.3 Å². The van der Waals surface area contributed by atoms with Gasteiger partial charge in [-0.25, -0.2) is 0 Å². The van der Waals surface area contributed by atoms with Crippen LogP contribution in [0.15, 0.2) is 42.6 Å². The third-order valence-corrected chi connectivity index (χ3v) is 5.97. The van der Waals surface area contributed by atoms with Gasteiger partial charge in [0.2, 0.25) is 23.6 Å². The predicted molar refractivity (Wildman–Crippen MR) is 141 cm³/mol. The zero-order valence-corrected chi connectivity index (χ0v) is 22.0. The SMILES string of the molecule is CC(=O)Nc1cccc2c1N(Cc1ccccn1)C(=O)C(NC(=O)C(CC(C)C)NC(=O)C(C)(C)N)C2. The molecule has 0 fully saturated rings. The number of nitrogens with two attached hydrogens (primary N) is 1. The summed E-state index contributed by atoms with van der Waals surface area (Å²) in [5.41, 5.74) is 7.29. The number of nitrogens with one attached hydrogen (secondary N) is 3. The summed E-state index contributed by atoms with van der Waals surface area (Å²) in [6.07, 6.45) is 2.26. The molecule has 198 valence electrons. The molecule has 0 saturated carbocycles. The minimum Gasteiger partial charge on any atom is -0.343 e. The van der Waals surface area contributed by atoms with Gasteiger partial charge in [-0.05, 0) is 49.9 Å². The second kappa shape index (κ2) is 11.5. The molecular formula is C27H36N6O4. The Morgan fingerprint density at radius 1 is 1.16 bits per heavy atom. The van der Waals surface area contributed by atoms with Crippen LogP contribution < -0.4 is 26.6 Å². The number of amides is 4. The number of pyridine rings is 1. The zero-order valence-electron chi connectivity index (χ0n) is 22.0. The van der Waals surface area contributed by atoms with Gasteiger partial charge in [0.1, 0.15) is 12.1 Å². The van der Waals surface area contributed by atoms with Crippen molar-refractivity contribution < 1.29 is 19.2 Å². The summed E-state index contributed by atoms with van der Waals surface area (Å²) >= 11 is 0. The minimum absolute atomic E-state index is 0.112. The molecule has 4 amide bonds. The largest absolute Gasteiger partial charge is 0.343 e. The van der Waals surface area contributed by atoms with Gasteiger partial charge in [0.15, 0.2) is 0 Å². The number of anilines is 2. The van der Waals surface area contributed by atoms with Crippen LogP contribution in [-0.4, -0.2) is 46.2 Å². The number of carbonyl (C=O) groups excluding carboxylic acids is 4. The van der Waals surface area contributed by atoms with E-state index in [-0.39, 0.29) is 30.7 Å². The summed E-state index contributed by atoms with van der Waals surface area (Å²) in [6, 6.07) is 9.10. The number of aromatic nitrogens is 1. The van der Waals surface area contributed by atoms with Crippen LogP contribution in [0, 0.1) is 5.92 Å². The highest BCUT2D eigenvalue weighted by molar-refractivity contribution is 6.07. The van der Waals surface area contributed by atoms with Crippen molar-refractivity contribution in [3.8, 4) is 0 Å². The maximum atomic E-state index is 13.8. The van der Waals surface area contributed by atoms with Gasteiger partial charge in [-0.3, -0.25) is 24.2 Å². The van der Waals surface area contributed by atoms with Crippen molar-refractivity contribution in [3.63, 3.8) is 0 Å². The van der Waals surface area contributed by atoms with Crippen LogP contribution in [0.4, 0.5) is 11.4 Å². The van der Waals surface area contributed by atoms with Gasteiger partial charge in [-0.2, -0.15) is 0 Å². The lowest BCUT2D eigenvalue weighted by Crippen LogP contribution is -2.59. The molecule has 10 heteroatoms. The Morgan fingerprint density at radius 2 is 1.89 bits per heavy atom. The fourth-order valence-electron chi connectivity index (χ4n) is 4.21. The Kier molecular flexibility index (Phi) is 8.65. The molecule has 1 aliphatic heterocycles. The Morgan fingerprint density at radius 3 is 2.49 bits per heavy atom. The number of nitrogens with zero attached hydrogens (tertiary/aromatic N) is 2. The van der Waals surface area contributed by atoms with E-state index in [1.807, 2.05) is 26.0 Å². The Hall–Kier alpha value is -3.79. The van der Waals surface area contributed by atoms with E-state index in [2.05, 4.69) is 20.9 Å². The highest BCUT2D eigenvalue weighted by atomic mass is 16.2. The number of fused-ring (bicyclic) bond motifs is 1. The predicted octanol–water partition coefficient (Wildman–Crippen LogP) is 1.88. The lowest BCUT2D eigenvalue weighted by molar-refractivity contribution is -0.133. The average molecular weight is 509 g/mol. The van der Waals surface area contributed by atoms with Crippen molar-refractivity contribution in [2.24, 2.45) is 11.7 Å². The first kappa shape index (κ1) is 27.8. The van der Waals surface area contributed by atoms with Gasteiger partial charge in [-0.15, -0.1) is 0 Å². The Balaban J connectivity index is 1.93. The van der Waals surface area contributed by atoms with E-state index in [1.165, 1.54) is 11.8 Å². The molecular weight excluding hydrogens is 472 g/mol. The van der Waals surface area contributed by atoms with Crippen molar-refractivity contribution in [3.05, 3.63) is 53.9 Å². The molecule has 10 nitrogen and oxygen atoms in total. The molecule has 0 aliphatic carbocycles. The molecule has 2 unspecified atom stereocenters. The zero-order chi connectivity index (χ0) is 27.3. The third-order valence-electron chi connectivity index (χ3n) is 5.97. The number of carbonyl (C=O) groups is 4. The summed E-state index contributed by atoms with van der Waals surface area (Å²) in [5.74, 6) is -1.39. The first-order chi connectivity index (χ1) is 17.4. The molecule has 1 aromatic carbocycles. The first-order valence-electron chi connectivity index (χ1n) is 12.4. The van der Waals surface area contributed by atoms with Crippen molar-refractivity contribution in [2.75, 3.05) is 10.2 Å². The summed E-state index contributed by atoms with van der Waals surface area (Å²) in [5, 5.41) is 8.39. The average Bonchev–Trinajstić information content (AvgIpc) is 2.80. The Bertz CT molecular complexity index is 1160. The second-order valence-corrected chi connectivity index (χ2v) is 10.4. The van der Waals surface area contributed by atoms with Crippen LogP contribution in [-0.2, 0) is 32.1 Å².